The second kappa shape index (κ2) is 11.3. The molecule has 1 fully saturated rings. The Labute approximate surface area is 188 Å². The summed E-state index contributed by atoms with van der Waals surface area (Å²) in [5.41, 5.74) is 2.26. The maximum atomic E-state index is 12.4. The number of hydrogen-bond donors (Lipinski definition) is 3. The van der Waals surface area contributed by atoms with E-state index < -0.39 is 0 Å². The van der Waals surface area contributed by atoms with Crippen molar-refractivity contribution in [1.29, 1.82) is 0 Å². The molecule has 0 atom stereocenters. The Morgan fingerprint density at radius 2 is 1.68 bits per heavy atom. The third-order valence-corrected chi connectivity index (χ3v) is 5.35. The highest BCUT2D eigenvalue weighted by Crippen LogP contribution is 2.25. The van der Waals surface area contributed by atoms with Gasteiger partial charge < -0.3 is 15.4 Å². The topological polar surface area (TPSA) is 79.5 Å². The van der Waals surface area contributed by atoms with Gasteiger partial charge >= 0.3 is 0 Å². The van der Waals surface area contributed by atoms with Gasteiger partial charge in [0.15, 0.2) is 5.11 Å². The number of thiocarbonyl (C=S) groups is 1. The third-order valence-electron chi connectivity index (χ3n) is 5.14. The van der Waals surface area contributed by atoms with Crippen LogP contribution in [0.15, 0.2) is 54.6 Å². The van der Waals surface area contributed by atoms with E-state index in [2.05, 4.69) is 16.0 Å². The first-order chi connectivity index (χ1) is 15.0. The van der Waals surface area contributed by atoms with E-state index in [9.17, 15) is 9.59 Å². The molecule has 2 aromatic carbocycles. The molecular weight excluding hydrogens is 410 g/mol. The van der Waals surface area contributed by atoms with Crippen LogP contribution in [0, 0.1) is 5.92 Å². The molecule has 1 aliphatic carbocycles. The molecule has 7 heteroatoms. The average molecular weight is 438 g/mol. The number of carbonyl (C=O) groups is 2. The van der Waals surface area contributed by atoms with Crippen LogP contribution in [-0.2, 0) is 9.59 Å². The summed E-state index contributed by atoms with van der Waals surface area (Å²) >= 11 is 5.23. The Morgan fingerprint density at radius 1 is 1.00 bits per heavy atom. The van der Waals surface area contributed by atoms with Crippen LogP contribution < -0.4 is 20.7 Å². The number of benzene rings is 2. The number of hydrogen-bond acceptors (Lipinski definition) is 4. The van der Waals surface area contributed by atoms with Gasteiger partial charge in [-0.15, -0.1) is 0 Å². The summed E-state index contributed by atoms with van der Waals surface area (Å²) in [6.07, 6.45) is 8.44. The predicted molar refractivity (Wildman–Crippen MR) is 128 cm³/mol. The van der Waals surface area contributed by atoms with Crippen LogP contribution in [0.3, 0.4) is 0 Å². The zero-order chi connectivity index (χ0) is 22.1. The Balaban J connectivity index is 1.50. The molecule has 0 aromatic heterocycles. The monoisotopic (exact) mass is 437 g/mol. The summed E-state index contributed by atoms with van der Waals surface area (Å²) in [7, 11) is 1.60. The van der Waals surface area contributed by atoms with Gasteiger partial charge in [-0.25, -0.2) is 0 Å². The van der Waals surface area contributed by atoms with Crippen molar-refractivity contribution in [1.82, 2.24) is 5.32 Å². The Hall–Kier alpha value is -3.19. The van der Waals surface area contributed by atoms with E-state index in [1.165, 1.54) is 12.5 Å². The second-order valence-corrected chi connectivity index (χ2v) is 7.86. The van der Waals surface area contributed by atoms with Gasteiger partial charge in [0.1, 0.15) is 5.75 Å². The number of rotatable bonds is 6. The maximum Gasteiger partial charge on any atom is 0.250 e. The van der Waals surface area contributed by atoms with E-state index in [0.717, 1.165) is 37.0 Å². The molecule has 0 saturated heterocycles. The van der Waals surface area contributed by atoms with Crippen LogP contribution in [0.25, 0.3) is 6.08 Å². The lowest BCUT2D eigenvalue weighted by atomic mass is 9.88. The lowest BCUT2D eigenvalue weighted by molar-refractivity contribution is -0.120. The van der Waals surface area contributed by atoms with Gasteiger partial charge in [-0.3, -0.25) is 14.9 Å². The Kier molecular flexibility index (Phi) is 8.18. The molecule has 31 heavy (non-hydrogen) atoms. The normalized spacial score (nSPS) is 14.1. The minimum Gasteiger partial charge on any atom is -0.497 e. The Bertz CT molecular complexity index is 951. The molecule has 6 nitrogen and oxygen atoms in total. The highest BCUT2D eigenvalue weighted by molar-refractivity contribution is 7.80. The zero-order valence-electron chi connectivity index (χ0n) is 17.5. The van der Waals surface area contributed by atoms with Gasteiger partial charge in [-0.05, 0) is 67.0 Å². The molecule has 0 aliphatic heterocycles. The van der Waals surface area contributed by atoms with Crippen LogP contribution in [0.5, 0.6) is 5.75 Å². The summed E-state index contributed by atoms with van der Waals surface area (Å²) in [5, 5.41) is 8.76. The average Bonchev–Trinajstić information content (AvgIpc) is 2.78. The summed E-state index contributed by atoms with van der Waals surface area (Å²) in [6, 6.07) is 14.6. The van der Waals surface area contributed by atoms with E-state index in [1.807, 2.05) is 42.5 Å². The summed E-state index contributed by atoms with van der Waals surface area (Å²) in [6.45, 7) is 0. The van der Waals surface area contributed by atoms with Gasteiger partial charge in [0.25, 0.3) is 0 Å². The fourth-order valence-corrected chi connectivity index (χ4v) is 3.71. The van der Waals surface area contributed by atoms with Gasteiger partial charge in [-0.1, -0.05) is 37.5 Å². The van der Waals surface area contributed by atoms with E-state index in [1.54, 1.807) is 19.3 Å². The summed E-state index contributed by atoms with van der Waals surface area (Å²) in [5.74, 6) is 0.568. The van der Waals surface area contributed by atoms with E-state index in [0.29, 0.717) is 11.4 Å². The first kappa shape index (κ1) is 22.5. The van der Waals surface area contributed by atoms with Crippen LogP contribution in [0.2, 0.25) is 0 Å². The largest absolute Gasteiger partial charge is 0.497 e. The van der Waals surface area contributed by atoms with Crippen molar-refractivity contribution in [2.75, 3.05) is 17.7 Å². The molecule has 2 aromatic rings. The fraction of sp³-hybridized carbons (Fsp3) is 0.292. The molecular formula is C24H27N3O3S. The van der Waals surface area contributed by atoms with Gasteiger partial charge in [-0.2, -0.15) is 0 Å². The minimum atomic E-state index is -0.338. The third kappa shape index (κ3) is 7.22. The van der Waals surface area contributed by atoms with Crippen LogP contribution in [0.4, 0.5) is 11.4 Å². The maximum absolute atomic E-state index is 12.4. The molecule has 0 radical (unpaired) electrons. The molecule has 162 valence electrons. The van der Waals surface area contributed by atoms with Crippen molar-refractivity contribution in [2.24, 2.45) is 5.92 Å². The van der Waals surface area contributed by atoms with Crippen molar-refractivity contribution in [3.05, 3.63) is 60.2 Å². The molecule has 1 aliphatic rings. The first-order valence-corrected chi connectivity index (χ1v) is 10.8. The number of nitrogens with one attached hydrogen (secondary N) is 3. The Morgan fingerprint density at radius 3 is 2.35 bits per heavy atom. The number of ether oxygens (including phenoxy) is 1. The summed E-state index contributed by atoms with van der Waals surface area (Å²) < 4.78 is 5.11. The molecule has 1 saturated carbocycles. The zero-order valence-corrected chi connectivity index (χ0v) is 18.3. The van der Waals surface area contributed by atoms with E-state index >= 15 is 0 Å². The molecule has 0 heterocycles. The molecule has 3 rings (SSSR count). The van der Waals surface area contributed by atoms with Crippen molar-refractivity contribution < 1.29 is 14.3 Å². The lowest BCUT2D eigenvalue weighted by Crippen LogP contribution is -2.32. The van der Waals surface area contributed by atoms with Gasteiger partial charge in [0.05, 0.1) is 7.11 Å². The summed E-state index contributed by atoms with van der Waals surface area (Å²) in [4.78, 5) is 24.6. The number of anilines is 2. The number of methoxy groups -OCH3 is 1. The molecule has 0 bridgehead atoms. The lowest BCUT2D eigenvalue weighted by Gasteiger charge is -2.21. The van der Waals surface area contributed by atoms with Crippen molar-refractivity contribution in [3.63, 3.8) is 0 Å². The van der Waals surface area contributed by atoms with E-state index in [4.69, 9.17) is 17.0 Å². The first-order valence-electron chi connectivity index (χ1n) is 10.4. The highest BCUT2D eigenvalue weighted by atomic mass is 32.1. The van der Waals surface area contributed by atoms with E-state index in [-0.39, 0.29) is 22.8 Å². The number of carbonyl (C=O) groups excluding carboxylic acids is 2. The van der Waals surface area contributed by atoms with Gasteiger partial charge in [0.2, 0.25) is 11.8 Å². The molecule has 0 unspecified atom stereocenters. The van der Waals surface area contributed by atoms with Crippen LogP contribution in [0.1, 0.15) is 37.7 Å². The van der Waals surface area contributed by atoms with Gasteiger partial charge in [0, 0.05) is 23.4 Å². The SMILES string of the molecule is COc1ccc(/C=C/C(=O)NC(=S)Nc2cccc(NC(=O)C3CCCCC3)c2)cc1. The van der Waals surface area contributed by atoms with Crippen LogP contribution in [-0.4, -0.2) is 24.0 Å². The predicted octanol–water partition coefficient (Wildman–Crippen LogP) is 4.74. The van der Waals surface area contributed by atoms with Crippen molar-refractivity contribution in [2.45, 2.75) is 32.1 Å². The smallest absolute Gasteiger partial charge is 0.250 e. The molecule has 0 spiro atoms. The standard InChI is InChI=1S/C24H27N3O3S/c1-30-21-13-10-17(11-14-21)12-15-22(28)27-24(31)26-20-9-5-8-19(16-20)25-23(29)18-6-3-2-4-7-18/h5,8-16,18H,2-4,6-7H2,1H3,(H,25,29)(H2,26,27,28,31)/b15-12+. The van der Waals surface area contributed by atoms with Crippen molar-refractivity contribution >= 4 is 46.6 Å². The quantitative estimate of drug-likeness (QED) is 0.449. The van der Waals surface area contributed by atoms with Crippen molar-refractivity contribution in [3.8, 4) is 5.75 Å². The van der Waals surface area contributed by atoms with Crippen LogP contribution >= 0.6 is 12.2 Å². The second-order valence-electron chi connectivity index (χ2n) is 7.45. The minimum absolute atomic E-state index is 0.0661. The fourth-order valence-electron chi connectivity index (χ4n) is 3.49. The molecule has 3 N–H and O–H groups in total. The molecule has 2 amide bonds. The number of amides is 2. The highest BCUT2D eigenvalue weighted by Gasteiger charge is 2.21.